The fraction of sp³-hybridized carbons (Fsp3) is 0.182. The first-order valence-electron chi connectivity index (χ1n) is 16.3. The zero-order valence-electron chi connectivity index (χ0n) is 30.1. The summed E-state index contributed by atoms with van der Waals surface area (Å²) in [5, 5.41) is 8.28. The molecule has 0 bridgehead atoms. The first-order chi connectivity index (χ1) is 24.6. The molecule has 2 N–H and O–H groups in total. The Labute approximate surface area is 306 Å². The fourth-order valence-electron chi connectivity index (χ4n) is 4.45. The number of para-hydroxylation sites is 1. The molecule has 0 spiro atoms. The van der Waals surface area contributed by atoms with E-state index >= 15 is 0 Å². The molecule has 3 aromatic rings. The number of benzene rings is 2. The number of nitrogens with one attached hydrogen (secondary N) is 1. The molecule has 2 aliphatic carbocycles. The van der Waals surface area contributed by atoms with Crippen LogP contribution in [0.25, 0.3) is 17.0 Å². The molecule has 264 valence electrons. The number of aromatic amines is 1. The molecular formula is C44H55NO3P2. The Morgan fingerprint density at radius 1 is 0.920 bits per heavy atom. The van der Waals surface area contributed by atoms with Crippen LogP contribution in [0.3, 0.4) is 0 Å². The lowest BCUT2D eigenvalue weighted by Gasteiger charge is -2.18. The van der Waals surface area contributed by atoms with Crippen LogP contribution >= 0.6 is 18.3 Å². The van der Waals surface area contributed by atoms with Gasteiger partial charge in [0, 0.05) is 30.8 Å². The highest BCUT2D eigenvalue weighted by Crippen LogP contribution is 2.32. The van der Waals surface area contributed by atoms with E-state index in [1.807, 2.05) is 56.2 Å². The van der Waals surface area contributed by atoms with Crippen molar-refractivity contribution in [1.82, 2.24) is 4.98 Å². The molecule has 2 atom stereocenters. The van der Waals surface area contributed by atoms with Gasteiger partial charge in [-0.25, -0.2) is 0 Å². The third-order valence-corrected chi connectivity index (χ3v) is 7.46. The molecule has 0 amide bonds. The van der Waals surface area contributed by atoms with Gasteiger partial charge in [-0.15, -0.1) is 12.8 Å². The number of hydrogen-bond acceptors (Lipinski definition) is 3. The van der Waals surface area contributed by atoms with E-state index in [1.54, 1.807) is 12.2 Å². The van der Waals surface area contributed by atoms with Crippen LogP contribution in [-0.2, 0) is 9.05 Å². The highest BCUT2D eigenvalue weighted by atomic mass is 31.1. The number of H-pyrrole nitrogens is 1. The molecule has 0 saturated carbocycles. The van der Waals surface area contributed by atoms with E-state index < -0.39 is 0 Å². The summed E-state index contributed by atoms with van der Waals surface area (Å²) in [5.74, 6) is 1.66. The van der Waals surface area contributed by atoms with Crippen LogP contribution in [0, 0.1) is 19.8 Å². The van der Waals surface area contributed by atoms with E-state index in [0.717, 1.165) is 30.6 Å². The summed E-state index contributed by atoms with van der Waals surface area (Å²) >= 11 is 0. The second kappa shape index (κ2) is 31.6. The highest BCUT2D eigenvalue weighted by Gasteiger charge is 2.14. The number of aryl methyl sites for hydroxylation is 1. The van der Waals surface area contributed by atoms with Crippen LogP contribution in [0.2, 0.25) is 0 Å². The maximum Gasteiger partial charge on any atom is 0.126 e. The average Bonchev–Trinajstić information content (AvgIpc) is 3.67. The van der Waals surface area contributed by atoms with Crippen LogP contribution in [0.5, 0.6) is 0 Å². The summed E-state index contributed by atoms with van der Waals surface area (Å²) in [4.78, 5) is 3.12. The molecule has 50 heavy (non-hydrogen) atoms. The second-order valence-corrected chi connectivity index (χ2v) is 10.9. The lowest BCUT2D eigenvalue weighted by Crippen LogP contribution is -1.99. The summed E-state index contributed by atoms with van der Waals surface area (Å²) in [6.07, 6.45) is 42.2. The van der Waals surface area contributed by atoms with Gasteiger partial charge in [0.2, 0.25) is 0 Å². The minimum absolute atomic E-state index is 0.375. The number of fused-ring (bicyclic) bond motifs is 1. The number of hydrogen-bond donors (Lipinski definition) is 2. The van der Waals surface area contributed by atoms with Crippen molar-refractivity contribution in [3.05, 3.63) is 187 Å². The number of aliphatic hydroxyl groups excluding tert-OH is 1. The predicted octanol–water partition coefficient (Wildman–Crippen LogP) is 12.3. The molecule has 1 heterocycles. The molecule has 6 heteroatoms. The normalized spacial score (nSPS) is 13.9. The van der Waals surface area contributed by atoms with Gasteiger partial charge in [-0.2, -0.15) is 0 Å². The molecule has 2 aliphatic rings. The topological polar surface area (TPSA) is 54.5 Å². The van der Waals surface area contributed by atoms with Crippen LogP contribution in [0.4, 0.5) is 0 Å². The van der Waals surface area contributed by atoms with Crippen LogP contribution in [-0.4, -0.2) is 23.9 Å². The molecule has 5 rings (SSSR count). The van der Waals surface area contributed by atoms with Crippen molar-refractivity contribution in [2.24, 2.45) is 0 Å². The van der Waals surface area contributed by atoms with Crippen LogP contribution in [0.15, 0.2) is 176 Å². The second-order valence-electron chi connectivity index (χ2n) is 10.1. The van der Waals surface area contributed by atoms with Gasteiger partial charge in [0.05, 0.1) is 18.3 Å². The van der Waals surface area contributed by atoms with Gasteiger partial charge in [-0.05, 0) is 86.1 Å². The Morgan fingerprint density at radius 3 is 2.08 bits per heavy atom. The minimum Gasteiger partial charge on any atom is -0.484 e. The lowest BCUT2D eigenvalue weighted by atomic mass is 9.96. The number of aromatic nitrogens is 1. The van der Waals surface area contributed by atoms with Crippen molar-refractivity contribution in [2.75, 3.05) is 13.8 Å². The minimum atomic E-state index is 0.375. The molecular weight excluding hydrogens is 652 g/mol. The molecule has 2 unspecified atom stereocenters. The lowest BCUT2D eigenvalue weighted by molar-refractivity contribution is 0.399. The maximum atomic E-state index is 7.00. The van der Waals surface area contributed by atoms with Crippen molar-refractivity contribution < 1.29 is 14.2 Å². The van der Waals surface area contributed by atoms with E-state index in [0.29, 0.717) is 15.2 Å². The van der Waals surface area contributed by atoms with Crippen molar-refractivity contribution in [2.45, 2.75) is 39.5 Å². The monoisotopic (exact) mass is 707 g/mol. The van der Waals surface area contributed by atoms with Crippen LogP contribution < -0.4 is 0 Å². The fourth-order valence-corrected chi connectivity index (χ4v) is 5.02. The van der Waals surface area contributed by atoms with Crippen molar-refractivity contribution in [3.63, 3.8) is 0 Å². The third kappa shape index (κ3) is 19.4. The summed E-state index contributed by atoms with van der Waals surface area (Å²) < 4.78 is 11.2. The zero-order valence-corrected chi connectivity index (χ0v) is 32.2. The van der Waals surface area contributed by atoms with Gasteiger partial charge in [-0.3, -0.25) is 0 Å². The molecule has 0 aliphatic heterocycles. The van der Waals surface area contributed by atoms with Gasteiger partial charge in [0.1, 0.15) is 11.5 Å². The van der Waals surface area contributed by atoms with Gasteiger partial charge in [0.25, 0.3) is 0 Å². The molecule has 0 saturated heterocycles. The Kier molecular flexibility index (Phi) is 28.7. The van der Waals surface area contributed by atoms with E-state index in [4.69, 9.17) is 14.2 Å². The molecule has 4 nitrogen and oxygen atoms in total. The van der Waals surface area contributed by atoms with E-state index in [-0.39, 0.29) is 0 Å². The quantitative estimate of drug-likeness (QED) is 0.101. The van der Waals surface area contributed by atoms with Crippen molar-refractivity contribution >= 4 is 35.3 Å². The Balaban J connectivity index is 0.000000684. The van der Waals surface area contributed by atoms with Crippen molar-refractivity contribution in [3.8, 4) is 12.8 Å². The molecule has 0 radical (unpaired) electrons. The third-order valence-electron chi connectivity index (χ3n) is 6.74. The predicted molar refractivity (Wildman–Crippen MR) is 227 cm³/mol. The number of rotatable bonds is 9. The zero-order chi connectivity index (χ0) is 37.2. The number of terminal acetylenes is 1. The summed E-state index contributed by atoms with van der Waals surface area (Å²) in [6.45, 7) is 13.6. The largest absolute Gasteiger partial charge is 0.484 e. The van der Waals surface area contributed by atoms with Gasteiger partial charge in [0.15, 0.2) is 0 Å². The van der Waals surface area contributed by atoms with Crippen molar-refractivity contribution in [1.29, 1.82) is 0 Å². The standard InChI is InChI=1S/C17H22O2P2.C10H12.C8H7N.C6H8.C2H2.CH4O/c1-4-9-15(18-20)13-16(14-11-7-6-8-12-14)17(10-5-2)19-21-3;1-3-6-10-8-5-4-7-9(10)2;1-2-4-8-7(3-1)5-6-9-8;1-2-4-6-5-3-1;2*1-2/h4-11,21H,1-2,12-13,20H2,3H3;3-8H,1-2H3;1-6,9H;1-4H,5-6H2;1-2H;2H,1H3/b15-9+,16-14-,17-10+;6-3-;;;;. The van der Waals surface area contributed by atoms with Gasteiger partial charge < -0.3 is 19.1 Å². The Morgan fingerprint density at radius 2 is 1.56 bits per heavy atom. The SMILES string of the molecule is C#C.C/C=C\c1ccccc1C.C1=CCCC=C1.C=C/C=C(\CC(/C(=C\C=C)OPC)=C1\C=CC=CC1)OP.CO.c1ccc2[nH]ccc2c1. The summed E-state index contributed by atoms with van der Waals surface area (Å²) in [5.41, 5.74) is 6.18. The van der Waals surface area contributed by atoms with E-state index in [9.17, 15) is 0 Å². The number of allylic oxidation sites excluding steroid dienone is 16. The van der Waals surface area contributed by atoms with Gasteiger partial charge >= 0.3 is 0 Å². The summed E-state index contributed by atoms with van der Waals surface area (Å²) in [6, 6.07) is 18.6. The first kappa shape index (κ1) is 45.4. The molecule has 1 aromatic heterocycles. The Hall–Kier alpha value is -4.64. The number of aliphatic hydroxyl groups is 1. The van der Waals surface area contributed by atoms with E-state index in [2.05, 4.69) is 138 Å². The smallest absolute Gasteiger partial charge is 0.126 e. The molecule has 2 aromatic carbocycles. The summed E-state index contributed by atoms with van der Waals surface area (Å²) in [7, 11) is 3.66. The highest BCUT2D eigenvalue weighted by molar-refractivity contribution is 7.31. The van der Waals surface area contributed by atoms with Gasteiger partial charge in [-0.1, -0.05) is 129 Å². The first-order valence-corrected chi connectivity index (χ1v) is 18.2. The maximum absolute atomic E-state index is 7.00. The molecule has 0 fully saturated rings. The average molecular weight is 708 g/mol. The van der Waals surface area contributed by atoms with E-state index in [1.165, 1.54) is 40.4 Å². The van der Waals surface area contributed by atoms with Crippen LogP contribution in [0.1, 0.15) is 43.7 Å². The Bertz CT molecular complexity index is 1600.